The van der Waals surface area contributed by atoms with Crippen LogP contribution in [0.5, 0.6) is 0 Å². The summed E-state index contributed by atoms with van der Waals surface area (Å²) in [6.07, 6.45) is 15.3. The zero-order valence-electron chi connectivity index (χ0n) is 17.7. The summed E-state index contributed by atoms with van der Waals surface area (Å²) in [5.41, 5.74) is 5.21. The molecule has 1 aromatic rings. The van der Waals surface area contributed by atoms with E-state index in [1.54, 1.807) is 0 Å². The van der Waals surface area contributed by atoms with Gasteiger partial charge in [-0.1, -0.05) is 44.9 Å². The summed E-state index contributed by atoms with van der Waals surface area (Å²) in [6, 6.07) is 4.26. The van der Waals surface area contributed by atoms with E-state index < -0.39 is 0 Å². The van der Waals surface area contributed by atoms with E-state index in [1.165, 1.54) is 22.3 Å². The molecule has 0 N–H and O–H groups in total. The molecule has 0 bridgehead atoms. The number of hydrogen-bond acceptors (Lipinski definition) is 1. The second-order valence-corrected chi connectivity index (χ2v) is 7.21. The van der Waals surface area contributed by atoms with Gasteiger partial charge >= 0.3 is 11.5 Å². The van der Waals surface area contributed by atoms with E-state index in [4.69, 9.17) is 9.15 Å². The van der Waals surface area contributed by atoms with E-state index in [9.17, 15) is 0 Å². The van der Waals surface area contributed by atoms with Crippen LogP contribution in [0.2, 0.25) is 0 Å². The molecule has 2 rings (SSSR count). The van der Waals surface area contributed by atoms with Crippen LogP contribution in [0.3, 0.4) is 0 Å². The van der Waals surface area contributed by atoms with Crippen LogP contribution in [0, 0.1) is 13.8 Å². The lowest BCUT2D eigenvalue weighted by Crippen LogP contribution is -1.97. The van der Waals surface area contributed by atoms with Gasteiger partial charge in [-0.05, 0) is 61.1 Å². The molecule has 0 fully saturated rings. The Balaban J connectivity index is 2.37. The molecule has 0 saturated heterocycles. The van der Waals surface area contributed by atoms with Crippen LogP contribution in [0.15, 0.2) is 69.6 Å². The highest BCUT2D eigenvalue weighted by atomic mass is 16.5. The summed E-state index contributed by atoms with van der Waals surface area (Å²) >= 11 is 0. The maximum Gasteiger partial charge on any atom is 0.327 e. The molecule has 2 heterocycles. The second-order valence-electron chi connectivity index (χ2n) is 7.21. The molecule has 144 valence electrons. The Kier molecular flexibility index (Phi) is 7.84. The van der Waals surface area contributed by atoms with Crippen LogP contribution in [-0.2, 0) is 4.74 Å². The van der Waals surface area contributed by atoms with Gasteiger partial charge in [0.1, 0.15) is 11.5 Å². The molecular weight excluding hydrogens is 332 g/mol. The predicted octanol–water partition coefficient (Wildman–Crippen LogP) is 7.85. The summed E-state index contributed by atoms with van der Waals surface area (Å²) in [7, 11) is 0. The lowest BCUT2D eigenvalue weighted by Gasteiger charge is -2.15. The zero-order chi connectivity index (χ0) is 19.8. The highest BCUT2D eigenvalue weighted by Gasteiger charge is 2.11. The summed E-state index contributed by atoms with van der Waals surface area (Å²) in [5.74, 6) is 3.81. The zero-order valence-corrected chi connectivity index (χ0v) is 17.7. The van der Waals surface area contributed by atoms with E-state index in [2.05, 4.69) is 56.4 Å². The largest absolute Gasteiger partial charge is 0.467 e. The standard InChI is InChI=1S/C25H33O2/c1-7-10-22(24-14-18(3)26-19(4)15-24)12-9-13-23(11-8-2)25-16-20(5)27-21(6)17-25/h9,12-17H,7-8,10-11H2,1-6H3/q+1. The third-order valence-corrected chi connectivity index (χ3v) is 4.45. The molecule has 0 unspecified atom stereocenters. The van der Waals surface area contributed by atoms with Crippen molar-refractivity contribution in [2.45, 2.75) is 67.2 Å². The van der Waals surface area contributed by atoms with Crippen molar-refractivity contribution in [3.05, 3.63) is 82.3 Å². The minimum atomic E-state index is 0.952. The topological polar surface area (TPSA) is 20.5 Å². The molecule has 1 aromatic heterocycles. The van der Waals surface area contributed by atoms with Gasteiger partial charge in [-0.2, -0.15) is 0 Å². The Bertz CT molecular complexity index is 776. The van der Waals surface area contributed by atoms with Crippen LogP contribution >= 0.6 is 0 Å². The van der Waals surface area contributed by atoms with Crippen molar-refractivity contribution in [1.82, 2.24) is 0 Å². The van der Waals surface area contributed by atoms with Gasteiger partial charge in [0, 0.05) is 12.1 Å². The van der Waals surface area contributed by atoms with Crippen LogP contribution in [0.25, 0.3) is 5.57 Å². The Morgan fingerprint density at radius 1 is 0.926 bits per heavy atom. The first-order valence-electron chi connectivity index (χ1n) is 9.99. The Morgan fingerprint density at radius 3 is 2.07 bits per heavy atom. The van der Waals surface area contributed by atoms with Crippen LogP contribution < -0.4 is 0 Å². The van der Waals surface area contributed by atoms with E-state index in [-0.39, 0.29) is 0 Å². The summed E-state index contributed by atoms with van der Waals surface area (Å²) < 4.78 is 11.3. The monoisotopic (exact) mass is 365 g/mol. The van der Waals surface area contributed by atoms with Gasteiger partial charge in [-0.15, -0.1) is 0 Å². The molecule has 0 aliphatic carbocycles. The van der Waals surface area contributed by atoms with E-state index in [1.807, 2.05) is 27.7 Å². The molecule has 0 amide bonds. The van der Waals surface area contributed by atoms with Crippen molar-refractivity contribution < 1.29 is 9.15 Å². The minimum Gasteiger partial charge on any atom is -0.467 e. The first-order valence-corrected chi connectivity index (χ1v) is 9.99. The van der Waals surface area contributed by atoms with Crippen molar-refractivity contribution in [1.29, 1.82) is 0 Å². The van der Waals surface area contributed by atoms with Crippen molar-refractivity contribution in [3.8, 4) is 0 Å². The van der Waals surface area contributed by atoms with Crippen molar-refractivity contribution >= 4 is 5.57 Å². The molecule has 0 spiro atoms. The summed E-state index contributed by atoms with van der Waals surface area (Å²) in [6.45, 7) is 12.5. The van der Waals surface area contributed by atoms with Crippen molar-refractivity contribution in [3.63, 3.8) is 0 Å². The smallest absolute Gasteiger partial charge is 0.327 e. The maximum absolute atomic E-state index is 5.64. The summed E-state index contributed by atoms with van der Waals surface area (Å²) in [4.78, 5) is 0. The van der Waals surface area contributed by atoms with E-state index in [0.29, 0.717) is 0 Å². The third kappa shape index (κ3) is 6.39. The number of aryl methyl sites for hydroxylation is 2. The van der Waals surface area contributed by atoms with Gasteiger partial charge in [0.15, 0.2) is 0 Å². The second kappa shape index (κ2) is 10.1. The summed E-state index contributed by atoms with van der Waals surface area (Å²) in [5, 5.41) is 0. The SMILES string of the molecule is CCCC(/C=C/C=C(\CCC)c1cc(C)[o+]c(C)c1)=C1C=C(C)OC(C)=C1. The van der Waals surface area contributed by atoms with Crippen LogP contribution in [-0.4, -0.2) is 0 Å². The molecule has 0 atom stereocenters. The lowest BCUT2D eigenvalue weighted by atomic mass is 9.98. The van der Waals surface area contributed by atoms with Gasteiger partial charge in [0.25, 0.3) is 0 Å². The molecule has 2 heteroatoms. The third-order valence-electron chi connectivity index (χ3n) is 4.45. The quantitative estimate of drug-likeness (QED) is 0.362. The van der Waals surface area contributed by atoms with Gasteiger partial charge < -0.3 is 4.74 Å². The Morgan fingerprint density at radius 2 is 1.52 bits per heavy atom. The highest BCUT2D eigenvalue weighted by molar-refractivity contribution is 5.67. The molecular formula is C25H33O2+. The Labute approximate surface area is 164 Å². The van der Waals surface area contributed by atoms with Crippen LogP contribution in [0.4, 0.5) is 0 Å². The average molecular weight is 366 g/mol. The van der Waals surface area contributed by atoms with Gasteiger partial charge in [0.05, 0.1) is 13.8 Å². The van der Waals surface area contributed by atoms with Crippen molar-refractivity contribution in [2.75, 3.05) is 0 Å². The number of rotatable bonds is 7. The fourth-order valence-electron chi connectivity index (χ4n) is 3.42. The fourth-order valence-corrected chi connectivity index (χ4v) is 3.42. The Hall–Kier alpha value is -2.35. The molecule has 2 nitrogen and oxygen atoms in total. The normalized spacial score (nSPS) is 14.9. The van der Waals surface area contributed by atoms with Crippen molar-refractivity contribution in [2.24, 2.45) is 0 Å². The van der Waals surface area contributed by atoms with Gasteiger partial charge in [-0.25, -0.2) is 4.42 Å². The van der Waals surface area contributed by atoms with E-state index in [0.717, 1.165) is 48.7 Å². The van der Waals surface area contributed by atoms with Crippen LogP contribution in [0.1, 0.15) is 70.5 Å². The first kappa shape index (κ1) is 21.0. The molecule has 0 aromatic carbocycles. The predicted molar refractivity (Wildman–Crippen MR) is 115 cm³/mol. The fraction of sp³-hybridized carbons (Fsp3) is 0.400. The van der Waals surface area contributed by atoms with E-state index >= 15 is 0 Å². The minimum absolute atomic E-state index is 0.952. The molecule has 27 heavy (non-hydrogen) atoms. The maximum atomic E-state index is 5.64. The number of allylic oxidation sites excluding steroid dienone is 10. The average Bonchev–Trinajstić information content (AvgIpc) is 2.58. The molecule has 0 radical (unpaired) electrons. The number of ether oxygens (including phenoxy) is 1. The molecule has 1 aliphatic rings. The van der Waals surface area contributed by atoms with Gasteiger partial charge in [0.2, 0.25) is 0 Å². The highest BCUT2D eigenvalue weighted by Crippen LogP contribution is 2.26. The lowest BCUT2D eigenvalue weighted by molar-refractivity contribution is 0.304. The molecule has 1 aliphatic heterocycles. The number of hydrogen-bond donors (Lipinski definition) is 0. The first-order chi connectivity index (χ1) is 12.9. The molecule has 0 saturated carbocycles. The van der Waals surface area contributed by atoms with Gasteiger partial charge in [-0.3, -0.25) is 0 Å².